The fraction of sp³-hybridized carbons (Fsp3) is 0.0417. The summed E-state index contributed by atoms with van der Waals surface area (Å²) < 4.78 is 21.7. The molecule has 0 aliphatic heterocycles. The number of fused-ring (bicyclic) bond motifs is 1. The zero-order valence-electron chi connectivity index (χ0n) is 16.7. The molecule has 8 heteroatoms. The van der Waals surface area contributed by atoms with Gasteiger partial charge in [-0.1, -0.05) is 42.1 Å². The lowest BCUT2D eigenvalue weighted by Crippen LogP contribution is -2.14. The minimum Gasteiger partial charge on any atom is -0.431 e. The Morgan fingerprint density at radius 3 is 2.72 bits per heavy atom. The van der Waals surface area contributed by atoms with E-state index in [0.29, 0.717) is 27.9 Å². The summed E-state index contributed by atoms with van der Waals surface area (Å²) in [7, 11) is 0. The summed E-state index contributed by atoms with van der Waals surface area (Å²) in [6.07, 6.45) is 3.23. The zero-order valence-corrected chi connectivity index (χ0v) is 17.6. The Balaban J connectivity index is 1.31. The minimum absolute atomic E-state index is 0.308. The van der Waals surface area contributed by atoms with Crippen LogP contribution in [0.15, 0.2) is 94.8 Å². The molecule has 0 radical (unpaired) electrons. The van der Waals surface area contributed by atoms with Crippen LogP contribution >= 0.6 is 11.8 Å². The van der Waals surface area contributed by atoms with Crippen molar-refractivity contribution in [2.24, 2.45) is 0 Å². The molecule has 0 fully saturated rings. The van der Waals surface area contributed by atoms with E-state index in [0.717, 1.165) is 16.7 Å². The summed E-state index contributed by atoms with van der Waals surface area (Å²) in [5.74, 6) is -0.292. The third-order valence-corrected chi connectivity index (χ3v) is 5.72. The molecule has 1 amide bonds. The molecule has 6 nitrogen and oxygen atoms in total. The highest BCUT2D eigenvalue weighted by molar-refractivity contribution is 7.98. The number of hydrogen-bond donors (Lipinski definition) is 1. The molecule has 0 bridgehead atoms. The van der Waals surface area contributed by atoms with Crippen molar-refractivity contribution < 1.29 is 13.6 Å². The Bertz CT molecular complexity index is 1370. The first-order valence-electron chi connectivity index (χ1n) is 9.84. The third kappa shape index (κ3) is 4.13. The molecular formula is C24H17FN4O2S. The largest absolute Gasteiger partial charge is 0.431 e. The summed E-state index contributed by atoms with van der Waals surface area (Å²) in [6, 6.07) is 21.1. The highest BCUT2D eigenvalue weighted by atomic mass is 32.2. The molecular weight excluding hydrogens is 427 g/mol. The summed E-state index contributed by atoms with van der Waals surface area (Å²) in [5.41, 5.74) is 3.52. The molecule has 0 atom stereocenters. The standard InChI is InChI=1S/C24H17FN4O2S/c25-19-14-17(10-11-21(19)29-13-5-12-26-29)27-23(30)18-7-2-1-6-16(18)15-32-24-28-20-8-3-4-9-22(20)31-24/h1-14H,15H2,(H,27,30). The van der Waals surface area contributed by atoms with E-state index < -0.39 is 5.82 Å². The van der Waals surface area contributed by atoms with E-state index in [2.05, 4.69) is 15.4 Å². The fourth-order valence-electron chi connectivity index (χ4n) is 3.30. The van der Waals surface area contributed by atoms with Crippen molar-refractivity contribution in [3.63, 3.8) is 0 Å². The van der Waals surface area contributed by atoms with Crippen LogP contribution in [-0.4, -0.2) is 20.7 Å². The van der Waals surface area contributed by atoms with Gasteiger partial charge in [-0.2, -0.15) is 5.10 Å². The molecule has 158 valence electrons. The van der Waals surface area contributed by atoms with Gasteiger partial charge < -0.3 is 9.73 Å². The SMILES string of the molecule is O=C(Nc1ccc(-n2cccn2)c(F)c1)c1ccccc1CSc1nc2ccccc2o1. The highest BCUT2D eigenvalue weighted by Crippen LogP contribution is 2.28. The molecule has 2 aromatic heterocycles. The molecule has 3 aromatic carbocycles. The average Bonchev–Trinajstić information content (AvgIpc) is 3.48. The van der Waals surface area contributed by atoms with Crippen LogP contribution in [0.3, 0.4) is 0 Å². The van der Waals surface area contributed by atoms with Gasteiger partial charge in [0.25, 0.3) is 11.1 Å². The third-order valence-electron chi connectivity index (χ3n) is 4.84. The van der Waals surface area contributed by atoms with Gasteiger partial charge in [0.1, 0.15) is 11.2 Å². The summed E-state index contributed by atoms with van der Waals surface area (Å²) in [6.45, 7) is 0. The lowest BCUT2D eigenvalue weighted by Gasteiger charge is -2.11. The molecule has 5 aromatic rings. The van der Waals surface area contributed by atoms with Crippen LogP contribution in [0.5, 0.6) is 0 Å². The van der Waals surface area contributed by atoms with Crippen molar-refractivity contribution in [2.75, 3.05) is 5.32 Å². The van der Waals surface area contributed by atoms with Crippen LogP contribution in [-0.2, 0) is 5.75 Å². The second-order valence-corrected chi connectivity index (χ2v) is 7.89. The molecule has 1 N–H and O–H groups in total. The van der Waals surface area contributed by atoms with Gasteiger partial charge in [-0.25, -0.2) is 14.1 Å². The predicted molar refractivity (Wildman–Crippen MR) is 121 cm³/mol. The lowest BCUT2D eigenvalue weighted by atomic mass is 10.1. The number of oxazole rings is 1. The van der Waals surface area contributed by atoms with Gasteiger partial charge in [0.05, 0.1) is 0 Å². The van der Waals surface area contributed by atoms with Crippen molar-refractivity contribution >= 4 is 34.5 Å². The predicted octanol–water partition coefficient (Wildman–Crippen LogP) is 5.70. The van der Waals surface area contributed by atoms with Crippen molar-refractivity contribution in [3.8, 4) is 5.69 Å². The number of nitrogens with one attached hydrogen (secondary N) is 1. The maximum atomic E-state index is 14.5. The molecule has 0 saturated carbocycles. The van der Waals surface area contributed by atoms with Gasteiger partial charge in [0.2, 0.25) is 0 Å². The first-order valence-corrected chi connectivity index (χ1v) is 10.8. The Hall–Kier alpha value is -3.91. The number of nitrogens with zero attached hydrogens (tertiary/aromatic N) is 3. The number of halogens is 1. The average molecular weight is 444 g/mol. The number of anilines is 1. The summed E-state index contributed by atoms with van der Waals surface area (Å²) >= 11 is 1.41. The molecule has 0 aliphatic carbocycles. The van der Waals surface area contributed by atoms with E-state index >= 15 is 0 Å². The minimum atomic E-state index is -0.480. The second kappa shape index (κ2) is 8.68. The second-order valence-electron chi connectivity index (χ2n) is 6.96. The molecule has 0 aliphatic rings. The van der Waals surface area contributed by atoms with Crippen LogP contribution < -0.4 is 5.32 Å². The maximum absolute atomic E-state index is 14.5. The van der Waals surface area contributed by atoms with E-state index in [-0.39, 0.29) is 5.91 Å². The van der Waals surface area contributed by atoms with Crippen molar-refractivity contribution in [2.45, 2.75) is 11.0 Å². The molecule has 0 spiro atoms. The molecule has 2 heterocycles. The van der Waals surface area contributed by atoms with Gasteiger partial charge in [-0.15, -0.1) is 0 Å². The van der Waals surface area contributed by atoms with E-state index in [4.69, 9.17) is 4.42 Å². The monoisotopic (exact) mass is 444 g/mol. The Morgan fingerprint density at radius 1 is 1.06 bits per heavy atom. The smallest absolute Gasteiger partial charge is 0.257 e. The van der Waals surface area contributed by atoms with Gasteiger partial charge in [0, 0.05) is 29.4 Å². The van der Waals surface area contributed by atoms with Crippen LogP contribution in [0.4, 0.5) is 10.1 Å². The quantitative estimate of drug-likeness (QED) is 0.340. The maximum Gasteiger partial charge on any atom is 0.257 e. The number of amides is 1. The number of carbonyl (C=O) groups excluding carboxylic acids is 1. The van der Waals surface area contributed by atoms with Gasteiger partial charge in [0.15, 0.2) is 11.4 Å². The topological polar surface area (TPSA) is 73.0 Å². The highest BCUT2D eigenvalue weighted by Gasteiger charge is 2.14. The lowest BCUT2D eigenvalue weighted by molar-refractivity contribution is 0.102. The van der Waals surface area contributed by atoms with Crippen molar-refractivity contribution in [3.05, 3.63) is 102 Å². The van der Waals surface area contributed by atoms with E-state index in [1.165, 1.54) is 22.5 Å². The number of para-hydroxylation sites is 2. The van der Waals surface area contributed by atoms with Crippen LogP contribution in [0.1, 0.15) is 15.9 Å². The Kier molecular flexibility index (Phi) is 5.43. The number of rotatable bonds is 6. The Morgan fingerprint density at radius 2 is 1.91 bits per heavy atom. The van der Waals surface area contributed by atoms with Crippen molar-refractivity contribution in [1.82, 2.24) is 14.8 Å². The number of benzene rings is 3. The zero-order chi connectivity index (χ0) is 21.9. The Labute approximate surface area is 187 Å². The molecule has 0 unspecified atom stereocenters. The molecule has 0 saturated heterocycles. The molecule has 5 rings (SSSR count). The van der Waals surface area contributed by atoms with Gasteiger partial charge in [-0.3, -0.25) is 4.79 Å². The van der Waals surface area contributed by atoms with Crippen LogP contribution in [0.2, 0.25) is 0 Å². The van der Waals surface area contributed by atoms with Gasteiger partial charge >= 0.3 is 0 Å². The summed E-state index contributed by atoms with van der Waals surface area (Å²) in [4.78, 5) is 17.4. The number of aromatic nitrogens is 3. The normalized spacial score (nSPS) is 11.0. The summed E-state index contributed by atoms with van der Waals surface area (Å²) in [5, 5.41) is 7.34. The van der Waals surface area contributed by atoms with E-state index in [1.54, 1.807) is 42.7 Å². The fourth-order valence-corrected chi connectivity index (χ4v) is 4.14. The van der Waals surface area contributed by atoms with E-state index in [9.17, 15) is 9.18 Å². The first-order chi connectivity index (χ1) is 15.7. The van der Waals surface area contributed by atoms with Gasteiger partial charge in [-0.05, 0) is 48.0 Å². The number of hydrogen-bond acceptors (Lipinski definition) is 5. The molecule has 32 heavy (non-hydrogen) atoms. The number of thioether (sulfide) groups is 1. The first kappa shape index (κ1) is 20.0. The van der Waals surface area contributed by atoms with Crippen LogP contribution in [0.25, 0.3) is 16.8 Å². The van der Waals surface area contributed by atoms with Crippen LogP contribution in [0, 0.1) is 5.82 Å². The number of carbonyl (C=O) groups is 1. The van der Waals surface area contributed by atoms with E-state index in [1.807, 2.05) is 36.4 Å². The van der Waals surface area contributed by atoms with Crippen molar-refractivity contribution in [1.29, 1.82) is 0 Å².